The molecule has 0 aromatic heterocycles. The van der Waals surface area contributed by atoms with Crippen LogP contribution in [0.15, 0.2) is 53.6 Å². The molecule has 1 saturated heterocycles. The summed E-state index contributed by atoms with van der Waals surface area (Å²) < 4.78 is 6.65. The van der Waals surface area contributed by atoms with E-state index in [1.807, 2.05) is 6.92 Å². The third-order valence-electron chi connectivity index (χ3n) is 14.9. The van der Waals surface area contributed by atoms with E-state index in [9.17, 15) is 20.4 Å². The highest BCUT2D eigenvalue weighted by molar-refractivity contribution is 5.36. The molecule has 4 N–H and O–H groups in total. The molecule has 7 rings (SSSR count). The molecule has 0 spiro atoms. The smallest absolute Gasteiger partial charge is 0.0862 e. The van der Waals surface area contributed by atoms with Crippen molar-refractivity contribution < 1.29 is 25.2 Å². The molecule has 1 aromatic carbocycles. The average molecular weight is 591 g/mol. The molecule has 5 nitrogen and oxygen atoms in total. The van der Waals surface area contributed by atoms with Gasteiger partial charge in [-0.2, -0.15) is 0 Å². The molecule has 4 saturated carbocycles. The zero-order valence-corrected chi connectivity index (χ0v) is 26.8. The lowest BCUT2D eigenvalue weighted by atomic mass is 9.37. The third-order valence-corrected chi connectivity index (χ3v) is 14.9. The van der Waals surface area contributed by atoms with E-state index in [2.05, 4.69) is 57.2 Å². The fraction of sp³-hybridized carbons (Fsp3) is 0.737. The van der Waals surface area contributed by atoms with Crippen molar-refractivity contribution in [2.24, 2.45) is 50.7 Å². The van der Waals surface area contributed by atoms with E-state index in [4.69, 9.17) is 4.74 Å². The molecular weight excluding hydrogens is 536 g/mol. The second-order valence-corrected chi connectivity index (χ2v) is 16.4. The Balaban J connectivity index is 1.16. The molecule has 0 unspecified atom stereocenters. The van der Waals surface area contributed by atoms with Crippen LogP contribution in [0.25, 0.3) is 0 Å². The quantitative estimate of drug-likeness (QED) is 0.277. The lowest BCUT2D eigenvalue weighted by Crippen LogP contribution is -2.65. The largest absolute Gasteiger partial charge is 0.396 e. The third kappa shape index (κ3) is 4.00. The van der Waals surface area contributed by atoms with Gasteiger partial charge in [0, 0.05) is 17.4 Å². The fourth-order valence-electron chi connectivity index (χ4n) is 12.9. The second kappa shape index (κ2) is 10.3. The first-order valence-corrected chi connectivity index (χ1v) is 17.1. The minimum Gasteiger partial charge on any atom is -0.396 e. The standard InChI is InChI=1S/C38H54O5/c1-24(20-39)16-28(41)17-26(21-40)29-11-15-38-22-37(29,38)14-12-31-34(2)13-10-27-18-30(25-8-6-5-7-9-25)43-23-35(27,3)32(34)19-33(42)36(31,38)4/h5-10,16,26,28-33,39-42H,11-15,17-23H2,1-4H3/b24-16+/t26-,28+,29+,30+,31-,32-,33-,34-,35+,36+,37-,38-/m1/s1. The Morgan fingerprint density at radius 3 is 2.56 bits per heavy atom. The Bertz CT molecular complexity index is 1290. The van der Waals surface area contributed by atoms with Crippen LogP contribution in [0, 0.1) is 50.7 Å². The van der Waals surface area contributed by atoms with E-state index in [1.54, 1.807) is 6.08 Å². The van der Waals surface area contributed by atoms with Crippen molar-refractivity contribution in [3.05, 3.63) is 59.2 Å². The summed E-state index contributed by atoms with van der Waals surface area (Å²) in [5.74, 6) is 1.27. The molecule has 12 atom stereocenters. The van der Waals surface area contributed by atoms with Gasteiger partial charge >= 0.3 is 0 Å². The van der Waals surface area contributed by atoms with Gasteiger partial charge in [-0.25, -0.2) is 0 Å². The number of aliphatic hydroxyl groups is 4. The molecule has 1 heterocycles. The first-order valence-electron chi connectivity index (χ1n) is 17.1. The van der Waals surface area contributed by atoms with Gasteiger partial charge in [0.25, 0.3) is 0 Å². The summed E-state index contributed by atoms with van der Waals surface area (Å²) in [5.41, 5.74) is 3.80. The highest BCUT2D eigenvalue weighted by atomic mass is 16.5. The summed E-state index contributed by atoms with van der Waals surface area (Å²) in [6.45, 7) is 10.0. The minimum absolute atomic E-state index is 0.0439. The van der Waals surface area contributed by atoms with E-state index in [0.29, 0.717) is 24.2 Å². The summed E-state index contributed by atoms with van der Waals surface area (Å²) in [6, 6.07) is 10.6. The van der Waals surface area contributed by atoms with Crippen LogP contribution >= 0.6 is 0 Å². The van der Waals surface area contributed by atoms with Gasteiger partial charge in [-0.1, -0.05) is 68.8 Å². The molecule has 6 aliphatic rings. The Morgan fingerprint density at radius 1 is 1.07 bits per heavy atom. The Labute approximate surface area is 258 Å². The second-order valence-electron chi connectivity index (χ2n) is 16.4. The minimum atomic E-state index is -0.649. The Kier molecular flexibility index (Phi) is 7.19. The monoisotopic (exact) mass is 590 g/mol. The van der Waals surface area contributed by atoms with Crippen molar-refractivity contribution >= 4 is 0 Å². The number of hydrogen-bond acceptors (Lipinski definition) is 5. The molecule has 5 fully saturated rings. The van der Waals surface area contributed by atoms with Crippen LogP contribution in [0.3, 0.4) is 0 Å². The van der Waals surface area contributed by atoms with Gasteiger partial charge in [0.05, 0.1) is 31.5 Å². The van der Waals surface area contributed by atoms with Gasteiger partial charge in [0.1, 0.15) is 0 Å². The maximum absolute atomic E-state index is 12.4. The maximum atomic E-state index is 12.4. The molecule has 0 radical (unpaired) electrons. The van der Waals surface area contributed by atoms with Crippen LogP contribution in [-0.4, -0.2) is 52.5 Å². The normalized spacial score (nSPS) is 48.1. The van der Waals surface area contributed by atoms with Gasteiger partial charge < -0.3 is 25.2 Å². The average Bonchev–Trinajstić information content (AvgIpc) is 3.58. The molecule has 236 valence electrons. The van der Waals surface area contributed by atoms with Crippen LogP contribution in [0.5, 0.6) is 0 Å². The zero-order valence-electron chi connectivity index (χ0n) is 26.8. The highest BCUT2D eigenvalue weighted by Crippen LogP contribution is 2.90. The van der Waals surface area contributed by atoms with Crippen LogP contribution in [0.2, 0.25) is 0 Å². The summed E-state index contributed by atoms with van der Waals surface area (Å²) in [4.78, 5) is 0. The maximum Gasteiger partial charge on any atom is 0.0862 e. The van der Waals surface area contributed by atoms with Gasteiger partial charge in [-0.15, -0.1) is 0 Å². The summed E-state index contributed by atoms with van der Waals surface area (Å²) >= 11 is 0. The molecule has 1 aromatic rings. The van der Waals surface area contributed by atoms with Gasteiger partial charge in [-0.05, 0) is 116 Å². The van der Waals surface area contributed by atoms with E-state index < -0.39 is 6.10 Å². The number of rotatable bonds is 7. The molecular formula is C38H54O5. The lowest BCUT2D eigenvalue weighted by Gasteiger charge is -2.68. The van der Waals surface area contributed by atoms with Crippen molar-refractivity contribution in [2.45, 2.75) is 104 Å². The number of ether oxygens (including phenoxy) is 1. The first kappa shape index (κ1) is 30.2. The Hall–Kier alpha value is -1.50. The van der Waals surface area contributed by atoms with Crippen LogP contribution < -0.4 is 0 Å². The first-order chi connectivity index (χ1) is 20.5. The van der Waals surface area contributed by atoms with Crippen molar-refractivity contribution in [2.75, 3.05) is 19.8 Å². The number of benzene rings is 1. The van der Waals surface area contributed by atoms with Gasteiger partial charge in [0.2, 0.25) is 0 Å². The molecule has 1 aliphatic heterocycles. The molecule has 5 aliphatic carbocycles. The molecule has 5 heteroatoms. The zero-order chi connectivity index (χ0) is 30.4. The molecule has 0 amide bonds. The van der Waals surface area contributed by atoms with Crippen molar-refractivity contribution in [3.8, 4) is 0 Å². The Morgan fingerprint density at radius 2 is 1.84 bits per heavy atom. The fourth-order valence-corrected chi connectivity index (χ4v) is 12.9. The van der Waals surface area contributed by atoms with Gasteiger partial charge in [-0.3, -0.25) is 0 Å². The predicted octanol–water partition coefficient (Wildman–Crippen LogP) is 6.37. The summed E-state index contributed by atoms with van der Waals surface area (Å²) in [5, 5.41) is 43.2. The number of aliphatic hydroxyl groups excluding tert-OH is 4. The van der Waals surface area contributed by atoms with E-state index in [0.717, 1.165) is 57.1 Å². The van der Waals surface area contributed by atoms with Crippen molar-refractivity contribution in [1.82, 2.24) is 0 Å². The van der Waals surface area contributed by atoms with E-state index in [-0.39, 0.29) is 58.4 Å². The van der Waals surface area contributed by atoms with Crippen LogP contribution in [0.4, 0.5) is 0 Å². The predicted molar refractivity (Wildman–Crippen MR) is 168 cm³/mol. The van der Waals surface area contributed by atoms with Crippen LogP contribution in [0.1, 0.15) is 97.1 Å². The number of fused-ring (bicyclic) bond motifs is 5. The van der Waals surface area contributed by atoms with E-state index >= 15 is 0 Å². The highest BCUT2D eigenvalue weighted by Gasteiger charge is 2.85. The van der Waals surface area contributed by atoms with Crippen LogP contribution in [-0.2, 0) is 4.74 Å². The molecule has 43 heavy (non-hydrogen) atoms. The van der Waals surface area contributed by atoms with Crippen molar-refractivity contribution in [1.29, 1.82) is 0 Å². The van der Waals surface area contributed by atoms with E-state index in [1.165, 1.54) is 17.6 Å². The number of allylic oxidation sites excluding steroid dienone is 1. The van der Waals surface area contributed by atoms with Crippen molar-refractivity contribution in [3.63, 3.8) is 0 Å². The topological polar surface area (TPSA) is 90.2 Å². The summed E-state index contributed by atoms with van der Waals surface area (Å²) in [6.07, 6.45) is 12.5. The van der Waals surface area contributed by atoms with Gasteiger partial charge in [0.15, 0.2) is 0 Å². The molecule has 0 bridgehead atoms. The number of hydrogen-bond donors (Lipinski definition) is 4. The summed E-state index contributed by atoms with van der Waals surface area (Å²) in [7, 11) is 0. The SMILES string of the molecule is C/C(=C\[C@H](O)C[C@H](CO)[C@@H]1CC[C@]23C[C@]12CC[C@@H]1[C@@]2(C)CC=C4C[C@@H](c5ccccc5)OC[C@]4(C)[C@@H]2C[C@@H](O)[C@]13C)CO. The lowest BCUT2D eigenvalue weighted by molar-refractivity contribution is -0.225.